The molecule has 3 rings (SSSR count). The van der Waals surface area contributed by atoms with Crippen LogP contribution in [0.4, 0.5) is 5.69 Å². The molecule has 1 heterocycles. The largest absolute Gasteiger partial charge is 0.497 e. The minimum atomic E-state index is -0.730. The number of nitrogens with one attached hydrogen (secondary N) is 1. The fourth-order valence-electron chi connectivity index (χ4n) is 2.34. The highest BCUT2D eigenvalue weighted by atomic mass is 16.5. The van der Waals surface area contributed by atoms with Crippen molar-refractivity contribution in [2.75, 3.05) is 26.1 Å². The van der Waals surface area contributed by atoms with E-state index in [1.165, 1.54) is 20.4 Å². The van der Waals surface area contributed by atoms with Crippen LogP contribution in [0, 0.1) is 0 Å². The summed E-state index contributed by atoms with van der Waals surface area (Å²) in [5.74, 6) is -0.194. The summed E-state index contributed by atoms with van der Waals surface area (Å²) in [6.07, 6.45) is 1.31. The second-order valence-electron chi connectivity index (χ2n) is 5.47. The van der Waals surface area contributed by atoms with E-state index >= 15 is 0 Å². The molecule has 0 atom stereocenters. The first-order chi connectivity index (χ1) is 13.1. The van der Waals surface area contributed by atoms with Gasteiger partial charge in [0.1, 0.15) is 11.5 Å². The Bertz CT molecular complexity index is 968. The maximum atomic E-state index is 12.1. The first kappa shape index (κ1) is 18.1. The average Bonchev–Trinajstić information content (AvgIpc) is 2.71. The lowest BCUT2D eigenvalue weighted by Crippen LogP contribution is -2.21. The lowest BCUT2D eigenvalue weighted by Gasteiger charge is -2.10. The summed E-state index contributed by atoms with van der Waals surface area (Å²) < 4.78 is 15.3. The Morgan fingerprint density at radius 3 is 2.33 bits per heavy atom. The molecular weight excluding hydrogens is 350 g/mol. The molecule has 1 aromatic heterocycles. The molecule has 0 aliphatic rings. The average molecular weight is 367 g/mol. The summed E-state index contributed by atoms with van der Waals surface area (Å²) in [5, 5.41) is 2.62. The summed E-state index contributed by atoms with van der Waals surface area (Å²) in [7, 11) is 3.01. The molecule has 1 amide bonds. The van der Waals surface area contributed by atoms with Crippen molar-refractivity contribution in [1.29, 1.82) is 0 Å². The molecule has 8 heteroatoms. The highest BCUT2D eigenvalue weighted by molar-refractivity contribution is 5.95. The maximum Gasteiger partial charge on any atom is 0.359 e. The molecule has 0 aliphatic carbocycles. The first-order valence-corrected chi connectivity index (χ1v) is 8.01. The van der Waals surface area contributed by atoms with Gasteiger partial charge in [-0.2, -0.15) is 0 Å². The predicted octanol–water partition coefficient (Wildman–Crippen LogP) is 2.44. The van der Waals surface area contributed by atoms with Crippen molar-refractivity contribution in [2.24, 2.45) is 0 Å². The Balaban J connectivity index is 1.62. The van der Waals surface area contributed by atoms with Crippen LogP contribution < -0.4 is 14.8 Å². The molecule has 0 saturated heterocycles. The number of hydrogen-bond donors (Lipinski definition) is 1. The number of esters is 1. The van der Waals surface area contributed by atoms with Gasteiger partial charge >= 0.3 is 5.97 Å². The van der Waals surface area contributed by atoms with E-state index in [0.717, 1.165) is 0 Å². The fraction of sp³-hybridized carbons (Fsp3) is 0.158. The Kier molecular flexibility index (Phi) is 5.46. The molecule has 0 bridgehead atoms. The van der Waals surface area contributed by atoms with E-state index in [-0.39, 0.29) is 5.69 Å². The van der Waals surface area contributed by atoms with E-state index in [1.54, 1.807) is 36.4 Å². The van der Waals surface area contributed by atoms with Crippen LogP contribution in [-0.4, -0.2) is 42.7 Å². The number of rotatable bonds is 6. The van der Waals surface area contributed by atoms with Gasteiger partial charge in [-0.1, -0.05) is 12.1 Å². The minimum absolute atomic E-state index is 0.0320. The van der Waals surface area contributed by atoms with Crippen LogP contribution in [0.2, 0.25) is 0 Å². The number of nitrogens with zero attached hydrogens (tertiary/aromatic N) is 2. The molecular formula is C19H17N3O5. The number of benzene rings is 2. The molecule has 0 fully saturated rings. The van der Waals surface area contributed by atoms with Gasteiger partial charge in [0, 0.05) is 23.9 Å². The summed E-state index contributed by atoms with van der Waals surface area (Å²) >= 11 is 0. The zero-order chi connectivity index (χ0) is 19.2. The topological polar surface area (TPSA) is 99.6 Å². The van der Waals surface area contributed by atoms with Crippen LogP contribution in [-0.2, 0) is 9.53 Å². The normalized spacial score (nSPS) is 10.3. The maximum absolute atomic E-state index is 12.1. The van der Waals surface area contributed by atoms with E-state index < -0.39 is 18.5 Å². The number of carbonyl (C=O) groups is 2. The van der Waals surface area contributed by atoms with Gasteiger partial charge in [0.15, 0.2) is 12.3 Å². The predicted molar refractivity (Wildman–Crippen MR) is 98.0 cm³/mol. The monoisotopic (exact) mass is 367 g/mol. The van der Waals surface area contributed by atoms with Crippen molar-refractivity contribution in [3.05, 3.63) is 54.4 Å². The summed E-state index contributed by atoms with van der Waals surface area (Å²) in [5.41, 5.74) is 1.72. The summed E-state index contributed by atoms with van der Waals surface area (Å²) in [6, 6.07) is 12.1. The lowest BCUT2D eigenvalue weighted by molar-refractivity contribution is -0.119. The Hall–Kier alpha value is -3.68. The number of methoxy groups -OCH3 is 2. The lowest BCUT2D eigenvalue weighted by atomic mass is 10.2. The van der Waals surface area contributed by atoms with Gasteiger partial charge in [0.05, 0.1) is 31.4 Å². The number of amides is 1. The molecule has 0 radical (unpaired) electrons. The Labute approximate surface area is 155 Å². The van der Waals surface area contributed by atoms with Crippen molar-refractivity contribution in [3.8, 4) is 11.5 Å². The highest BCUT2D eigenvalue weighted by Gasteiger charge is 2.13. The van der Waals surface area contributed by atoms with Crippen LogP contribution in [0.5, 0.6) is 11.5 Å². The molecule has 2 aromatic carbocycles. The number of para-hydroxylation sites is 2. The van der Waals surface area contributed by atoms with Crippen molar-refractivity contribution >= 4 is 28.6 Å². The third kappa shape index (κ3) is 4.49. The molecule has 0 spiro atoms. The molecule has 8 nitrogen and oxygen atoms in total. The van der Waals surface area contributed by atoms with Gasteiger partial charge in [0.25, 0.3) is 5.91 Å². The van der Waals surface area contributed by atoms with Crippen molar-refractivity contribution in [1.82, 2.24) is 9.97 Å². The Morgan fingerprint density at radius 2 is 1.67 bits per heavy atom. The van der Waals surface area contributed by atoms with Gasteiger partial charge < -0.3 is 19.5 Å². The molecule has 27 heavy (non-hydrogen) atoms. The SMILES string of the molecule is COc1cc(NC(=O)COC(=O)c2cnc3ccccc3n2)cc(OC)c1. The van der Waals surface area contributed by atoms with Crippen molar-refractivity contribution in [3.63, 3.8) is 0 Å². The van der Waals surface area contributed by atoms with Gasteiger partial charge in [-0.3, -0.25) is 9.78 Å². The molecule has 0 saturated carbocycles. The molecule has 138 valence electrons. The third-order valence-corrected chi connectivity index (χ3v) is 3.63. The summed E-state index contributed by atoms with van der Waals surface area (Å²) in [6.45, 7) is -0.465. The van der Waals surface area contributed by atoms with Gasteiger partial charge in [-0.15, -0.1) is 0 Å². The molecule has 0 aliphatic heterocycles. The number of fused-ring (bicyclic) bond motifs is 1. The number of hydrogen-bond acceptors (Lipinski definition) is 7. The number of aromatic nitrogens is 2. The van der Waals surface area contributed by atoms with Crippen LogP contribution in [0.15, 0.2) is 48.7 Å². The van der Waals surface area contributed by atoms with Crippen LogP contribution in [0.1, 0.15) is 10.5 Å². The zero-order valence-electron chi connectivity index (χ0n) is 14.8. The van der Waals surface area contributed by atoms with E-state index in [2.05, 4.69) is 15.3 Å². The standard InChI is InChI=1S/C19H17N3O5/c1-25-13-7-12(8-14(9-13)26-2)21-18(23)11-27-19(24)17-10-20-15-5-3-4-6-16(15)22-17/h3-10H,11H2,1-2H3,(H,21,23). The van der Waals surface area contributed by atoms with Crippen molar-refractivity contribution in [2.45, 2.75) is 0 Å². The summed E-state index contributed by atoms with van der Waals surface area (Å²) in [4.78, 5) is 32.5. The number of carbonyl (C=O) groups excluding carboxylic acids is 2. The van der Waals surface area contributed by atoms with E-state index in [1.807, 2.05) is 6.07 Å². The number of anilines is 1. The molecule has 3 aromatic rings. The third-order valence-electron chi connectivity index (χ3n) is 3.63. The van der Waals surface area contributed by atoms with Crippen LogP contribution in [0.3, 0.4) is 0 Å². The van der Waals surface area contributed by atoms with Gasteiger partial charge in [-0.25, -0.2) is 9.78 Å². The van der Waals surface area contributed by atoms with E-state index in [9.17, 15) is 9.59 Å². The first-order valence-electron chi connectivity index (χ1n) is 8.01. The minimum Gasteiger partial charge on any atom is -0.497 e. The smallest absolute Gasteiger partial charge is 0.359 e. The van der Waals surface area contributed by atoms with Crippen LogP contribution >= 0.6 is 0 Å². The Morgan fingerprint density at radius 1 is 1.00 bits per heavy atom. The quantitative estimate of drug-likeness (QED) is 0.668. The molecule has 0 unspecified atom stereocenters. The van der Waals surface area contributed by atoms with Gasteiger partial charge in [0.2, 0.25) is 0 Å². The van der Waals surface area contributed by atoms with Crippen LogP contribution in [0.25, 0.3) is 11.0 Å². The molecule has 1 N–H and O–H groups in total. The second kappa shape index (κ2) is 8.13. The number of ether oxygens (including phenoxy) is 3. The van der Waals surface area contributed by atoms with Gasteiger partial charge in [-0.05, 0) is 12.1 Å². The van der Waals surface area contributed by atoms with Crippen molar-refractivity contribution < 1.29 is 23.8 Å². The fourth-order valence-corrected chi connectivity index (χ4v) is 2.34. The second-order valence-corrected chi connectivity index (χ2v) is 5.47. The zero-order valence-corrected chi connectivity index (χ0v) is 14.8. The van der Waals surface area contributed by atoms with E-state index in [0.29, 0.717) is 28.2 Å². The van der Waals surface area contributed by atoms with E-state index in [4.69, 9.17) is 14.2 Å². The highest BCUT2D eigenvalue weighted by Crippen LogP contribution is 2.25.